The van der Waals surface area contributed by atoms with E-state index >= 15 is 0 Å². The summed E-state index contributed by atoms with van der Waals surface area (Å²) < 4.78 is 35.7. The number of hydrogen-bond donors (Lipinski definition) is 2. The molecule has 1 saturated carbocycles. The maximum atomic E-state index is 14.2. The number of ether oxygens (including phenoxy) is 1. The standard InChI is InChI=1S/C30H34N6O5S2/c37-28(20-35-26-11-4-3-10-25(26)33-34-35)36(29(27-12-6-18-42-27)30(38)32-21-7-1-2-8-21)22-13-15-24(16-14-22)43(39,40)31-19-23-9-5-17-41-23/h3-4,6,10-16,18,21,23,29,31H,1-2,5,7-9,17,19-20H2,(H,32,38)/t23-,29-/m0/s1. The van der Waals surface area contributed by atoms with Gasteiger partial charge in [-0.3, -0.25) is 14.5 Å². The van der Waals surface area contributed by atoms with Crippen LogP contribution < -0.4 is 14.9 Å². The first-order valence-corrected chi connectivity index (χ1v) is 16.9. The van der Waals surface area contributed by atoms with Crippen LogP contribution in [0.2, 0.25) is 0 Å². The summed E-state index contributed by atoms with van der Waals surface area (Å²) in [7, 11) is -3.80. The first-order valence-electron chi connectivity index (χ1n) is 14.5. The van der Waals surface area contributed by atoms with Gasteiger partial charge in [0.05, 0.1) is 16.5 Å². The number of nitrogens with zero attached hydrogens (tertiary/aromatic N) is 4. The molecule has 3 heterocycles. The van der Waals surface area contributed by atoms with E-state index in [0.29, 0.717) is 28.2 Å². The molecule has 0 bridgehead atoms. The monoisotopic (exact) mass is 622 g/mol. The van der Waals surface area contributed by atoms with E-state index in [0.717, 1.165) is 38.5 Å². The highest BCUT2D eigenvalue weighted by Gasteiger charge is 2.35. The van der Waals surface area contributed by atoms with Crippen molar-refractivity contribution in [3.63, 3.8) is 0 Å². The van der Waals surface area contributed by atoms with Crippen molar-refractivity contribution < 1.29 is 22.7 Å². The van der Waals surface area contributed by atoms with Gasteiger partial charge in [0.15, 0.2) is 0 Å². The molecule has 2 aliphatic rings. The van der Waals surface area contributed by atoms with Crippen LogP contribution in [0.3, 0.4) is 0 Å². The van der Waals surface area contributed by atoms with Gasteiger partial charge in [-0.25, -0.2) is 17.8 Å². The molecule has 13 heteroatoms. The second-order valence-corrected chi connectivity index (χ2v) is 13.6. The van der Waals surface area contributed by atoms with Crippen molar-refractivity contribution in [1.82, 2.24) is 25.0 Å². The number of nitrogens with one attached hydrogen (secondary N) is 2. The number of carbonyl (C=O) groups excluding carboxylic acids is 2. The lowest BCUT2D eigenvalue weighted by Crippen LogP contribution is -2.47. The minimum atomic E-state index is -3.80. The SMILES string of the molecule is O=C(NC1CCCC1)[C@H](c1cccs1)N(C(=O)Cn1nnc2ccccc21)c1ccc(S(=O)(=O)NC[C@@H]2CCCO2)cc1. The van der Waals surface area contributed by atoms with Crippen LogP contribution in [0.4, 0.5) is 5.69 Å². The van der Waals surface area contributed by atoms with E-state index in [-0.39, 0.29) is 41.9 Å². The highest BCUT2D eigenvalue weighted by Crippen LogP contribution is 2.33. The minimum Gasteiger partial charge on any atom is -0.377 e. The summed E-state index contributed by atoms with van der Waals surface area (Å²) in [6, 6.07) is 16.2. The molecule has 1 saturated heterocycles. The summed E-state index contributed by atoms with van der Waals surface area (Å²) in [6.07, 6.45) is 5.48. The number of rotatable bonds is 11. The number of amides is 2. The van der Waals surface area contributed by atoms with Crippen molar-refractivity contribution in [3.05, 3.63) is 70.9 Å². The van der Waals surface area contributed by atoms with E-state index in [4.69, 9.17) is 4.74 Å². The van der Waals surface area contributed by atoms with Crippen LogP contribution in [0.25, 0.3) is 11.0 Å². The number of anilines is 1. The summed E-state index contributed by atoms with van der Waals surface area (Å²) in [4.78, 5) is 30.3. The zero-order valence-electron chi connectivity index (χ0n) is 23.6. The topological polar surface area (TPSA) is 136 Å². The van der Waals surface area contributed by atoms with E-state index < -0.39 is 16.1 Å². The first kappa shape index (κ1) is 29.4. The van der Waals surface area contributed by atoms with Gasteiger partial charge in [0.25, 0.3) is 0 Å². The highest BCUT2D eigenvalue weighted by molar-refractivity contribution is 7.89. The Labute approximate surface area is 254 Å². The van der Waals surface area contributed by atoms with Crippen LogP contribution in [-0.4, -0.2) is 60.5 Å². The smallest absolute Gasteiger partial charge is 0.249 e. The zero-order valence-corrected chi connectivity index (χ0v) is 25.2. The zero-order chi connectivity index (χ0) is 29.8. The quantitative estimate of drug-likeness (QED) is 0.260. The lowest BCUT2D eigenvalue weighted by molar-refractivity contribution is -0.127. The molecule has 0 unspecified atom stereocenters. The number of fused-ring (bicyclic) bond motifs is 1. The third kappa shape index (κ3) is 6.64. The minimum absolute atomic E-state index is 0.0496. The van der Waals surface area contributed by atoms with Crippen LogP contribution in [0.1, 0.15) is 49.4 Å². The number of para-hydroxylation sites is 1. The molecule has 1 aliphatic heterocycles. The Morgan fingerprint density at radius 1 is 1.02 bits per heavy atom. The highest BCUT2D eigenvalue weighted by atomic mass is 32.2. The molecule has 226 valence electrons. The molecule has 1 aliphatic carbocycles. The van der Waals surface area contributed by atoms with Crippen molar-refractivity contribution in [3.8, 4) is 0 Å². The largest absolute Gasteiger partial charge is 0.377 e. The summed E-state index contributed by atoms with van der Waals surface area (Å²) >= 11 is 1.39. The Balaban J connectivity index is 1.33. The maximum Gasteiger partial charge on any atom is 0.249 e. The van der Waals surface area contributed by atoms with Crippen molar-refractivity contribution in [2.75, 3.05) is 18.1 Å². The lowest BCUT2D eigenvalue weighted by atomic mass is 10.1. The Hall–Kier alpha value is -3.65. The van der Waals surface area contributed by atoms with Gasteiger partial charge in [0.1, 0.15) is 18.1 Å². The third-order valence-corrected chi connectivity index (χ3v) is 10.3. The number of benzene rings is 2. The molecule has 2 fully saturated rings. The first-order chi connectivity index (χ1) is 20.9. The van der Waals surface area contributed by atoms with Gasteiger partial charge in [-0.15, -0.1) is 16.4 Å². The van der Waals surface area contributed by atoms with Gasteiger partial charge in [-0.05, 0) is 73.5 Å². The number of thiophene rings is 1. The molecule has 6 rings (SSSR count). The number of sulfonamides is 1. The Morgan fingerprint density at radius 3 is 2.53 bits per heavy atom. The molecule has 2 atom stereocenters. The fourth-order valence-electron chi connectivity index (χ4n) is 5.72. The van der Waals surface area contributed by atoms with Crippen molar-refractivity contribution in [2.45, 2.75) is 68.2 Å². The molecule has 2 amide bonds. The average molecular weight is 623 g/mol. The van der Waals surface area contributed by atoms with Gasteiger partial charge in [0, 0.05) is 29.8 Å². The van der Waals surface area contributed by atoms with Crippen LogP contribution in [0.5, 0.6) is 0 Å². The van der Waals surface area contributed by atoms with E-state index in [1.807, 2.05) is 41.8 Å². The summed E-state index contributed by atoms with van der Waals surface area (Å²) in [5.74, 6) is -0.663. The van der Waals surface area contributed by atoms with Crippen molar-refractivity contribution in [1.29, 1.82) is 0 Å². The molecular formula is C30H34N6O5S2. The van der Waals surface area contributed by atoms with Crippen molar-refractivity contribution >= 4 is 49.9 Å². The number of aromatic nitrogens is 3. The second-order valence-electron chi connectivity index (χ2n) is 10.9. The molecule has 2 aromatic carbocycles. The van der Waals surface area contributed by atoms with Gasteiger partial charge >= 0.3 is 0 Å². The van der Waals surface area contributed by atoms with Crippen LogP contribution >= 0.6 is 11.3 Å². The van der Waals surface area contributed by atoms with Crippen molar-refractivity contribution in [2.24, 2.45) is 0 Å². The Bertz CT molecular complexity index is 1660. The maximum absolute atomic E-state index is 14.2. The van der Waals surface area contributed by atoms with Gasteiger partial charge < -0.3 is 10.1 Å². The predicted octanol–water partition coefficient (Wildman–Crippen LogP) is 3.78. The normalized spacial score (nSPS) is 18.2. The number of hydrogen-bond acceptors (Lipinski definition) is 8. The fraction of sp³-hybridized carbons (Fsp3) is 0.400. The van der Waals surface area contributed by atoms with Crippen LogP contribution in [0.15, 0.2) is 70.9 Å². The van der Waals surface area contributed by atoms with Gasteiger partial charge in [-0.2, -0.15) is 0 Å². The summed E-state index contributed by atoms with van der Waals surface area (Å²) in [5.41, 5.74) is 1.74. The second kappa shape index (κ2) is 12.9. The van der Waals surface area contributed by atoms with E-state index in [2.05, 4.69) is 20.4 Å². The molecule has 4 aromatic rings. The molecule has 0 radical (unpaired) electrons. The van der Waals surface area contributed by atoms with Gasteiger partial charge in [-0.1, -0.05) is 36.3 Å². The Kier molecular flexibility index (Phi) is 8.84. The summed E-state index contributed by atoms with van der Waals surface area (Å²) in [5, 5.41) is 13.4. The summed E-state index contributed by atoms with van der Waals surface area (Å²) in [6.45, 7) is 0.666. The predicted molar refractivity (Wildman–Crippen MR) is 163 cm³/mol. The molecule has 2 N–H and O–H groups in total. The third-order valence-electron chi connectivity index (χ3n) is 7.94. The fourth-order valence-corrected chi connectivity index (χ4v) is 7.60. The van der Waals surface area contributed by atoms with E-state index in [9.17, 15) is 18.0 Å². The van der Waals surface area contributed by atoms with Crippen LogP contribution in [0, 0.1) is 0 Å². The van der Waals surface area contributed by atoms with Gasteiger partial charge in [0.2, 0.25) is 21.8 Å². The average Bonchev–Trinajstić information content (AvgIpc) is 3.84. The molecule has 43 heavy (non-hydrogen) atoms. The van der Waals surface area contributed by atoms with E-state index in [1.165, 1.54) is 33.1 Å². The molecule has 0 spiro atoms. The van der Waals surface area contributed by atoms with E-state index in [1.54, 1.807) is 12.1 Å². The number of carbonyl (C=O) groups is 2. The molecule has 11 nitrogen and oxygen atoms in total. The molecule has 2 aromatic heterocycles. The van der Waals surface area contributed by atoms with Crippen LogP contribution in [-0.2, 0) is 30.9 Å². The lowest BCUT2D eigenvalue weighted by Gasteiger charge is -2.31. The Morgan fingerprint density at radius 2 is 1.81 bits per heavy atom. The molecular weight excluding hydrogens is 589 g/mol.